The van der Waals surface area contributed by atoms with Crippen molar-refractivity contribution in [2.75, 3.05) is 6.54 Å². The van der Waals surface area contributed by atoms with Crippen LogP contribution in [0.4, 0.5) is 0 Å². The van der Waals surface area contributed by atoms with Crippen LogP contribution < -0.4 is 5.32 Å². The van der Waals surface area contributed by atoms with Gasteiger partial charge in [0.05, 0.1) is 0 Å². The third-order valence-corrected chi connectivity index (χ3v) is 3.28. The highest BCUT2D eigenvalue weighted by Crippen LogP contribution is 2.15. The molecule has 94 valence electrons. The van der Waals surface area contributed by atoms with Crippen molar-refractivity contribution in [3.05, 3.63) is 46.5 Å². The number of nitrogens with one attached hydrogen (secondary N) is 1. The second kappa shape index (κ2) is 7.67. The van der Waals surface area contributed by atoms with Crippen molar-refractivity contribution in [2.45, 2.75) is 39.2 Å². The minimum Gasteiger partial charge on any atom is -0.314 e. The molecule has 0 saturated heterocycles. The minimum atomic E-state index is 0.547. The Morgan fingerprint density at radius 3 is 2.82 bits per heavy atom. The Kier molecular flexibility index (Phi) is 6.53. The monoisotopic (exact) mass is 295 g/mol. The molecule has 0 radical (unpaired) electrons. The maximum Gasteiger partial charge on any atom is 0.0178 e. The molecule has 0 heterocycles. The molecular formula is C15H22BrN. The van der Waals surface area contributed by atoms with Gasteiger partial charge in [-0.05, 0) is 50.4 Å². The lowest BCUT2D eigenvalue weighted by molar-refractivity contribution is 0.490. The Morgan fingerprint density at radius 1 is 1.47 bits per heavy atom. The van der Waals surface area contributed by atoms with Crippen LogP contribution in [0.1, 0.15) is 32.3 Å². The molecule has 0 saturated carbocycles. The van der Waals surface area contributed by atoms with E-state index in [-0.39, 0.29) is 0 Å². The quantitative estimate of drug-likeness (QED) is 0.739. The maximum atomic E-state index is 3.97. The van der Waals surface area contributed by atoms with Gasteiger partial charge in [-0.1, -0.05) is 40.6 Å². The van der Waals surface area contributed by atoms with Crippen molar-refractivity contribution in [3.63, 3.8) is 0 Å². The van der Waals surface area contributed by atoms with Crippen LogP contribution in [0.25, 0.3) is 0 Å². The lowest BCUT2D eigenvalue weighted by Gasteiger charge is -2.18. The van der Waals surface area contributed by atoms with Crippen LogP contribution in [0.5, 0.6) is 0 Å². The highest BCUT2D eigenvalue weighted by molar-refractivity contribution is 9.10. The summed E-state index contributed by atoms with van der Waals surface area (Å²) in [6, 6.07) is 9.10. The number of hydrogen-bond acceptors (Lipinski definition) is 1. The molecule has 1 unspecified atom stereocenters. The van der Waals surface area contributed by atoms with Crippen LogP contribution in [-0.4, -0.2) is 12.6 Å². The van der Waals surface area contributed by atoms with E-state index in [1.165, 1.54) is 11.1 Å². The summed E-state index contributed by atoms with van der Waals surface area (Å²) in [6.45, 7) is 9.26. The Hall–Kier alpha value is -0.600. The Morgan fingerprint density at radius 2 is 2.24 bits per heavy atom. The van der Waals surface area contributed by atoms with Crippen LogP contribution >= 0.6 is 15.9 Å². The summed E-state index contributed by atoms with van der Waals surface area (Å²) in [5.74, 6) is 0. The fourth-order valence-electron chi connectivity index (χ4n) is 1.93. The Bertz CT molecular complexity index is 360. The second-order valence-corrected chi connectivity index (χ2v) is 5.50. The summed E-state index contributed by atoms with van der Waals surface area (Å²) in [5, 5.41) is 3.55. The largest absolute Gasteiger partial charge is 0.314 e. The summed E-state index contributed by atoms with van der Waals surface area (Å²) in [7, 11) is 0. The van der Waals surface area contributed by atoms with Crippen molar-refractivity contribution in [2.24, 2.45) is 0 Å². The average molecular weight is 296 g/mol. The van der Waals surface area contributed by atoms with Crippen molar-refractivity contribution < 1.29 is 0 Å². The normalized spacial score (nSPS) is 12.4. The van der Waals surface area contributed by atoms with Crippen molar-refractivity contribution in [1.29, 1.82) is 0 Å². The van der Waals surface area contributed by atoms with E-state index in [0.29, 0.717) is 6.04 Å². The van der Waals surface area contributed by atoms with Crippen LogP contribution in [0.3, 0.4) is 0 Å². The molecule has 1 aromatic carbocycles. The lowest BCUT2D eigenvalue weighted by Crippen LogP contribution is -2.31. The molecule has 0 fully saturated rings. The first-order chi connectivity index (χ1) is 8.11. The van der Waals surface area contributed by atoms with Gasteiger partial charge in [0.15, 0.2) is 0 Å². The smallest absolute Gasteiger partial charge is 0.0178 e. The van der Waals surface area contributed by atoms with Crippen molar-refractivity contribution >= 4 is 15.9 Å². The van der Waals surface area contributed by atoms with E-state index in [0.717, 1.165) is 30.3 Å². The van der Waals surface area contributed by atoms with Gasteiger partial charge in [0.25, 0.3) is 0 Å². The number of likely N-dealkylation sites (N-methyl/N-ethyl adjacent to an activating group) is 1. The van der Waals surface area contributed by atoms with E-state index < -0.39 is 0 Å². The SMILES string of the molecule is C=C(C)CCC(Cc1cccc(Br)c1)NCC. The van der Waals surface area contributed by atoms with Crippen molar-refractivity contribution in [3.8, 4) is 0 Å². The fraction of sp³-hybridized carbons (Fsp3) is 0.467. The average Bonchev–Trinajstić information content (AvgIpc) is 2.26. The van der Waals surface area contributed by atoms with Gasteiger partial charge in [-0.3, -0.25) is 0 Å². The second-order valence-electron chi connectivity index (χ2n) is 4.58. The molecular weight excluding hydrogens is 274 g/mol. The minimum absolute atomic E-state index is 0.547. The molecule has 1 nitrogen and oxygen atoms in total. The summed E-state index contributed by atoms with van der Waals surface area (Å²) < 4.78 is 1.16. The number of rotatable bonds is 7. The molecule has 1 N–H and O–H groups in total. The van der Waals surface area contributed by atoms with Crippen LogP contribution in [-0.2, 0) is 6.42 Å². The van der Waals surface area contributed by atoms with Gasteiger partial charge in [-0.25, -0.2) is 0 Å². The lowest BCUT2D eigenvalue weighted by atomic mass is 10.00. The molecule has 0 aliphatic rings. The zero-order valence-corrected chi connectivity index (χ0v) is 12.4. The van der Waals surface area contributed by atoms with Crippen LogP contribution in [0.2, 0.25) is 0 Å². The van der Waals surface area contributed by atoms with E-state index in [4.69, 9.17) is 0 Å². The zero-order valence-electron chi connectivity index (χ0n) is 10.8. The number of allylic oxidation sites excluding steroid dienone is 1. The third-order valence-electron chi connectivity index (χ3n) is 2.78. The molecule has 2 heteroatoms. The summed E-state index contributed by atoms with van der Waals surface area (Å²) >= 11 is 3.52. The maximum absolute atomic E-state index is 3.97. The predicted molar refractivity (Wildman–Crippen MR) is 79.4 cm³/mol. The predicted octanol–water partition coefficient (Wildman–Crippen LogP) is 4.33. The van der Waals surface area contributed by atoms with E-state index in [9.17, 15) is 0 Å². The number of benzene rings is 1. The number of halogens is 1. The standard InChI is InChI=1S/C15H22BrN/c1-4-17-15(9-8-12(2)3)11-13-6-5-7-14(16)10-13/h5-7,10,15,17H,2,4,8-9,11H2,1,3H3. The molecule has 1 rings (SSSR count). The van der Waals surface area contributed by atoms with Gasteiger partial charge in [-0.2, -0.15) is 0 Å². The molecule has 0 aliphatic carbocycles. The summed E-state index contributed by atoms with van der Waals surface area (Å²) in [5.41, 5.74) is 2.65. The molecule has 1 atom stereocenters. The molecule has 0 amide bonds. The van der Waals surface area contributed by atoms with E-state index in [1.807, 2.05) is 0 Å². The number of hydrogen-bond donors (Lipinski definition) is 1. The molecule has 0 aromatic heterocycles. The molecule has 17 heavy (non-hydrogen) atoms. The Balaban J connectivity index is 2.56. The summed E-state index contributed by atoms with van der Waals surface area (Å²) in [6.07, 6.45) is 3.35. The van der Waals surface area contributed by atoms with E-state index >= 15 is 0 Å². The molecule has 0 spiro atoms. The zero-order chi connectivity index (χ0) is 12.7. The van der Waals surface area contributed by atoms with Gasteiger partial charge in [-0.15, -0.1) is 6.58 Å². The van der Waals surface area contributed by atoms with Gasteiger partial charge >= 0.3 is 0 Å². The topological polar surface area (TPSA) is 12.0 Å². The first-order valence-corrected chi connectivity index (χ1v) is 7.03. The third kappa shape index (κ3) is 6.04. The van der Waals surface area contributed by atoms with E-state index in [2.05, 4.69) is 65.9 Å². The van der Waals surface area contributed by atoms with E-state index in [1.54, 1.807) is 0 Å². The van der Waals surface area contributed by atoms with Crippen molar-refractivity contribution in [1.82, 2.24) is 5.32 Å². The van der Waals surface area contributed by atoms with Gasteiger partial charge in [0, 0.05) is 10.5 Å². The first kappa shape index (κ1) is 14.5. The molecule has 1 aromatic rings. The molecule has 0 bridgehead atoms. The Labute approximate surface area is 113 Å². The van der Waals surface area contributed by atoms with Gasteiger partial charge < -0.3 is 5.32 Å². The van der Waals surface area contributed by atoms with Gasteiger partial charge in [0.2, 0.25) is 0 Å². The van der Waals surface area contributed by atoms with Crippen LogP contribution in [0, 0.1) is 0 Å². The molecule has 0 aliphatic heterocycles. The first-order valence-electron chi connectivity index (χ1n) is 6.24. The van der Waals surface area contributed by atoms with Gasteiger partial charge in [0.1, 0.15) is 0 Å². The highest BCUT2D eigenvalue weighted by atomic mass is 79.9. The highest BCUT2D eigenvalue weighted by Gasteiger charge is 2.08. The van der Waals surface area contributed by atoms with Crippen LogP contribution in [0.15, 0.2) is 40.9 Å². The summed E-state index contributed by atoms with van der Waals surface area (Å²) in [4.78, 5) is 0. The fourth-order valence-corrected chi connectivity index (χ4v) is 2.38.